The fourth-order valence-electron chi connectivity index (χ4n) is 14.8. The van der Waals surface area contributed by atoms with Crippen LogP contribution in [0.3, 0.4) is 0 Å². The van der Waals surface area contributed by atoms with Gasteiger partial charge in [0, 0.05) is 170 Å². The SMILES string of the molecule is C=CC(=O)Nc1cc(Nc2nccc(C(=O)c3ccc(F)cc3)n2)c(OC)cc1N(C)CCN(C)C.C=CC(=O)Nc1cc(Nc2nccc(C(=O)c3ccc(N4CCC(N)CC4)cc3)n2)c(OC)cc1N(C)CCN(C)C.C=CC(=O)Nc1cc(Nc2nccc(C(=O)c3ccc(N4CCC(NC(=O)OC(C)(C)C)CC4)cc3)n2)c(OC)cc1N(C)CCN(C)C.CC(C)(C)OC(=O)NC1CCNCC1. The molecule has 11 N–H and O–H groups in total. The second-order valence-corrected chi connectivity index (χ2v) is 36.6. The van der Waals surface area contributed by atoms with E-state index in [1.165, 1.54) is 74.3 Å². The lowest BCUT2D eigenvalue weighted by molar-refractivity contribution is -0.112. The maximum atomic E-state index is 13.5. The minimum absolute atomic E-state index is 0.0531. The molecular formula is C103H137FN24O13. The third kappa shape index (κ3) is 34.7. The van der Waals surface area contributed by atoms with Crippen molar-refractivity contribution in [3.05, 3.63) is 224 Å². The van der Waals surface area contributed by atoms with Gasteiger partial charge in [-0.2, -0.15) is 0 Å². The molecule has 3 saturated heterocycles. The first-order valence-electron chi connectivity index (χ1n) is 46.5. The molecule has 3 aliphatic heterocycles. The van der Waals surface area contributed by atoms with Gasteiger partial charge < -0.3 is 116 Å². The van der Waals surface area contributed by atoms with Gasteiger partial charge in [-0.05, 0) is 263 Å². The van der Waals surface area contributed by atoms with Gasteiger partial charge in [0.25, 0.3) is 0 Å². The second kappa shape index (κ2) is 52.9. The number of amides is 5. The first-order valence-corrected chi connectivity index (χ1v) is 46.5. The van der Waals surface area contributed by atoms with Gasteiger partial charge in [-0.15, -0.1) is 0 Å². The molecule has 37 nitrogen and oxygen atoms in total. The van der Waals surface area contributed by atoms with Crippen LogP contribution in [0.4, 0.5) is 94.4 Å². The number of nitrogens with zero attached hydrogens (tertiary/aromatic N) is 14. The summed E-state index contributed by atoms with van der Waals surface area (Å²) in [4.78, 5) is 143. The van der Waals surface area contributed by atoms with Crippen molar-refractivity contribution in [1.29, 1.82) is 0 Å². The Kier molecular flexibility index (Phi) is 41.2. The average molecular weight is 1940 g/mol. The van der Waals surface area contributed by atoms with E-state index >= 15 is 0 Å². The van der Waals surface area contributed by atoms with Crippen molar-refractivity contribution in [3.8, 4) is 17.2 Å². The van der Waals surface area contributed by atoms with E-state index in [-0.39, 0.29) is 94.2 Å². The summed E-state index contributed by atoms with van der Waals surface area (Å²) in [7, 11) is 22.4. The Morgan fingerprint density at radius 2 is 0.709 bits per heavy atom. The fourth-order valence-corrected chi connectivity index (χ4v) is 14.8. The summed E-state index contributed by atoms with van der Waals surface area (Å²) in [5, 5.41) is 27.0. The van der Waals surface area contributed by atoms with Crippen LogP contribution in [0, 0.1) is 5.82 Å². The average Bonchev–Trinajstić information content (AvgIpc) is 0.803. The highest BCUT2D eigenvalue weighted by Crippen LogP contribution is 2.42. The Hall–Kier alpha value is -14.7. The molecule has 0 atom stereocenters. The highest BCUT2D eigenvalue weighted by molar-refractivity contribution is 6.10. The molecule has 9 aromatic rings. The van der Waals surface area contributed by atoms with E-state index in [0.717, 1.165) is 132 Å². The maximum absolute atomic E-state index is 13.5. The molecule has 0 radical (unpaired) electrons. The zero-order valence-electron chi connectivity index (χ0n) is 84.2. The van der Waals surface area contributed by atoms with E-state index in [2.05, 4.69) is 122 Å². The van der Waals surface area contributed by atoms with Crippen LogP contribution < -0.4 is 92.3 Å². The molecule has 6 aromatic carbocycles. The molecule has 6 heterocycles. The molecule has 141 heavy (non-hydrogen) atoms. The summed E-state index contributed by atoms with van der Waals surface area (Å²) < 4.78 is 40.7. The molecule has 5 amide bonds. The van der Waals surface area contributed by atoms with Gasteiger partial charge in [0.05, 0.1) is 72.5 Å². The highest BCUT2D eigenvalue weighted by atomic mass is 19.1. The summed E-state index contributed by atoms with van der Waals surface area (Å²) in [5.41, 5.74) is 14.5. The maximum Gasteiger partial charge on any atom is 0.407 e. The number of aromatic nitrogens is 6. The standard InChI is InChI=1S/C36H48N8O5.C31H40N8O3.C26H29FN6O3.C10H20N2O2/c1-9-32(45)39-28-22-29(31(48-8)23-30(28)43(7)21-20-42(5)6)41-34-37-17-14-27(40-34)33(46)24-10-12-26(13-11-24)44-18-15-25(16-19-44)38-35(47)49-36(2,3)4;1-6-29(40)34-25-19-26(28(42-5)20-27(25)38(4)18-17-37(2)3)36-31-33-14-11-24(35-31)30(41)21-7-9-23(10-8-21)39-15-12-22(32)13-16-39;1-6-24(34)29-20-15-21(23(36-5)16-22(20)33(4)14-13-32(2)3)31-26-28-12-11-19(30-26)25(35)17-7-9-18(27)10-8-17;1-10(2,3)14-9(13)12-8-4-6-11-7-5-8/h9-14,17,22-23,25H,1,15-16,18-21H2,2-8H3,(H,38,47)(H,39,45)(H,37,40,41);6-11,14,19-20,22H,1,12-13,15-18,32H2,2-5H3,(H,34,40)(H,33,35,36);6-12,15-16H,1,13-14H2,2-5H3,(H,29,34)(H,28,30,31);8,11H,4-7H2,1-3H3,(H,12,13). The van der Waals surface area contributed by atoms with Crippen molar-refractivity contribution in [2.75, 3.05) is 220 Å². The molecule has 3 aliphatic rings. The predicted molar refractivity (Wildman–Crippen MR) is 556 cm³/mol. The van der Waals surface area contributed by atoms with Crippen LogP contribution in [-0.2, 0) is 23.9 Å². The number of alkyl carbamates (subject to hydrolysis) is 2. The van der Waals surface area contributed by atoms with E-state index < -0.39 is 23.1 Å². The molecule has 754 valence electrons. The summed E-state index contributed by atoms with van der Waals surface area (Å²) in [6.45, 7) is 31.7. The van der Waals surface area contributed by atoms with Crippen molar-refractivity contribution in [1.82, 2.24) is 60.6 Å². The molecule has 0 bridgehead atoms. The normalized spacial score (nSPS) is 13.3. The highest BCUT2D eigenvalue weighted by Gasteiger charge is 2.29. The topological polar surface area (TPSA) is 420 Å². The van der Waals surface area contributed by atoms with Crippen LogP contribution in [0.25, 0.3) is 0 Å². The molecule has 0 spiro atoms. The van der Waals surface area contributed by atoms with Crippen molar-refractivity contribution in [3.63, 3.8) is 0 Å². The quantitative estimate of drug-likeness (QED) is 0.0128. The molecule has 0 unspecified atom stereocenters. The van der Waals surface area contributed by atoms with Gasteiger partial charge in [-0.3, -0.25) is 28.8 Å². The zero-order chi connectivity index (χ0) is 103. The van der Waals surface area contributed by atoms with Crippen molar-refractivity contribution >= 4 is 128 Å². The third-order valence-electron chi connectivity index (χ3n) is 22.5. The molecular weight excluding hydrogens is 1800 g/mol. The van der Waals surface area contributed by atoms with E-state index in [4.69, 9.17) is 29.4 Å². The largest absolute Gasteiger partial charge is 0.494 e. The van der Waals surface area contributed by atoms with Crippen LogP contribution in [-0.4, -0.2) is 284 Å². The van der Waals surface area contributed by atoms with Crippen LogP contribution >= 0.6 is 0 Å². The van der Waals surface area contributed by atoms with Crippen molar-refractivity contribution < 1.29 is 66.4 Å². The number of halogens is 1. The summed E-state index contributed by atoms with van der Waals surface area (Å²) >= 11 is 0. The molecule has 0 aliphatic carbocycles. The van der Waals surface area contributed by atoms with Gasteiger partial charge in [-0.25, -0.2) is 43.9 Å². The lowest BCUT2D eigenvalue weighted by atomic mass is 10.0. The van der Waals surface area contributed by atoms with Crippen LogP contribution in [0.2, 0.25) is 0 Å². The lowest BCUT2D eigenvalue weighted by Gasteiger charge is -2.34. The summed E-state index contributed by atoms with van der Waals surface area (Å²) in [6, 6.07) is 36.1. The van der Waals surface area contributed by atoms with Gasteiger partial charge in [-0.1, -0.05) is 19.7 Å². The van der Waals surface area contributed by atoms with Crippen molar-refractivity contribution in [2.24, 2.45) is 5.73 Å². The first-order chi connectivity index (χ1) is 67.1. The number of rotatable bonds is 37. The number of nitrogens with two attached hydrogens (primary N) is 1. The van der Waals surface area contributed by atoms with E-state index in [9.17, 15) is 42.7 Å². The van der Waals surface area contributed by atoms with E-state index in [0.29, 0.717) is 81.2 Å². The molecule has 3 fully saturated rings. The van der Waals surface area contributed by atoms with Crippen molar-refractivity contribution in [2.45, 2.75) is 109 Å². The van der Waals surface area contributed by atoms with Gasteiger partial charge in [0.1, 0.15) is 51.3 Å². The number of methoxy groups -OCH3 is 3. The van der Waals surface area contributed by atoms with Gasteiger partial charge in [0.15, 0.2) is 0 Å². The Labute approximate surface area is 826 Å². The number of carbonyl (C=O) groups excluding carboxylic acids is 8. The Bertz CT molecular complexity index is 5740. The first kappa shape index (κ1) is 110. The number of likely N-dealkylation sites (N-methyl/N-ethyl adjacent to an activating group) is 6. The fraction of sp³-hybridized carbons (Fsp3) is 0.398. The number of ether oxygens (including phenoxy) is 5. The van der Waals surface area contributed by atoms with E-state index in [1.807, 2.05) is 168 Å². The monoisotopic (exact) mass is 1940 g/mol. The number of carbonyl (C=O) groups is 8. The summed E-state index contributed by atoms with van der Waals surface area (Å²) in [6.07, 6.45) is 12.9. The minimum atomic E-state index is -0.535. The van der Waals surface area contributed by atoms with Crippen LogP contribution in [0.1, 0.15) is 128 Å². The molecule has 12 rings (SSSR count). The number of benzene rings is 6. The predicted octanol–water partition coefficient (Wildman–Crippen LogP) is 13.6. The lowest BCUT2D eigenvalue weighted by Crippen LogP contribution is -2.46. The van der Waals surface area contributed by atoms with E-state index in [1.54, 1.807) is 62.8 Å². The molecule has 38 heteroatoms. The smallest absolute Gasteiger partial charge is 0.407 e. The zero-order valence-corrected chi connectivity index (χ0v) is 84.2. The Balaban J connectivity index is 0.000000222. The van der Waals surface area contributed by atoms with Gasteiger partial charge in [0.2, 0.25) is 52.9 Å². The number of hydrogen-bond donors (Lipinski definition) is 10. The van der Waals surface area contributed by atoms with Crippen LogP contribution in [0.15, 0.2) is 184 Å². The van der Waals surface area contributed by atoms with Crippen LogP contribution in [0.5, 0.6) is 17.2 Å². The Morgan fingerprint density at radius 3 is 0.993 bits per heavy atom. The van der Waals surface area contributed by atoms with Gasteiger partial charge >= 0.3 is 12.2 Å². The number of anilines is 14. The second-order valence-electron chi connectivity index (χ2n) is 36.6. The molecule has 3 aromatic heterocycles. The number of piperidine rings is 3. The Morgan fingerprint density at radius 1 is 0.418 bits per heavy atom. The minimum Gasteiger partial charge on any atom is -0.494 e. The third-order valence-corrected chi connectivity index (χ3v) is 22.5. The number of hydrogen-bond acceptors (Lipinski definition) is 32. The summed E-state index contributed by atoms with van der Waals surface area (Å²) in [5.74, 6) is -0.254. The molecule has 0 saturated carbocycles. The number of ketones is 3. The number of nitrogens with one attached hydrogen (secondary N) is 9.